The molecule has 1 fully saturated rings. The lowest BCUT2D eigenvalue weighted by Crippen LogP contribution is -2.38. The number of hydrogen-bond acceptors (Lipinski definition) is 2. The maximum absolute atomic E-state index is 10.8. The molecular formula is C6H6BrN3O. The van der Waals surface area contributed by atoms with Crippen LogP contribution in [0.2, 0.25) is 0 Å². The van der Waals surface area contributed by atoms with E-state index in [0.717, 1.165) is 18.5 Å². The standard InChI is InChI=1S/C6H6BrN3O/c7-5-4(3-1-2-3)8-6(11)10-9-5/h1-2H2,(H2,8,10,11). The number of urea groups is 1. The molecule has 1 saturated carbocycles. The minimum absolute atomic E-state index is 0.261. The van der Waals surface area contributed by atoms with Crippen LogP contribution in [0.25, 0.3) is 0 Å². The van der Waals surface area contributed by atoms with Crippen molar-refractivity contribution in [3.8, 4) is 0 Å². The molecule has 1 aliphatic heterocycles. The topological polar surface area (TPSA) is 53.5 Å². The molecule has 0 radical (unpaired) electrons. The molecule has 0 aromatic rings. The molecule has 0 bridgehead atoms. The van der Waals surface area contributed by atoms with Crippen LogP contribution in [0.15, 0.2) is 16.4 Å². The monoisotopic (exact) mass is 215 g/mol. The van der Waals surface area contributed by atoms with E-state index in [1.54, 1.807) is 0 Å². The Bertz CT molecular complexity index is 276. The minimum atomic E-state index is -0.261. The quantitative estimate of drug-likeness (QED) is 0.624. The van der Waals surface area contributed by atoms with Gasteiger partial charge in [-0.3, -0.25) is 0 Å². The third-order valence-corrected chi connectivity index (χ3v) is 2.13. The lowest BCUT2D eigenvalue weighted by Gasteiger charge is -2.12. The van der Waals surface area contributed by atoms with Gasteiger partial charge in [0.2, 0.25) is 0 Å². The fourth-order valence-electron chi connectivity index (χ4n) is 0.896. The molecule has 0 saturated heterocycles. The second-order valence-electron chi connectivity index (χ2n) is 2.45. The van der Waals surface area contributed by atoms with Crippen LogP contribution >= 0.6 is 15.9 Å². The highest BCUT2D eigenvalue weighted by Crippen LogP contribution is 2.32. The van der Waals surface area contributed by atoms with E-state index in [1.165, 1.54) is 5.57 Å². The first-order valence-corrected chi connectivity index (χ1v) is 4.09. The first kappa shape index (κ1) is 6.84. The van der Waals surface area contributed by atoms with Gasteiger partial charge in [0.25, 0.3) is 0 Å². The smallest absolute Gasteiger partial charge is 0.304 e. The number of carbonyl (C=O) groups is 1. The highest BCUT2D eigenvalue weighted by Gasteiger charge is 2.24. The van der Waals surface area contributed by atoms with Gasteiger partial charge in [0.05, 0.1) is 5.70 Å². The summed E-state index contributed by atoms with van der Waals surface area (Å²) in [5.41, 5.74) is 4.40. The molecule has 0 atom stereocenters. The van der Waals surface area contributed by atoms with Crippen molar-refractivity contribution in [3.63, 3.8) is 0 Å². The van der Waals surface area contributed by atoms with Crippen LogP contribution in [-0.4, -0.2) is 10.7 Å². The highest BCUT2D eigenvalue weighted by molar-refractivity contribution is 9.18. The van der Waals surface area contributed by atoms with Crippen LogP contribution in [0.3, 0.4) is 0 Å². The van der Waals surface area contributed by atoms with Crippen LogP contribution in [0, 0.1) is 0 Å². The van der Waals surface area contributed by atoms with Gasteiger partial charge in [0, 0.05) is 0 Å². The molecule has 1 aliphatic carbocycles. The number of halogens is 1. The number of hydrogen-bond donors (Lipinski definition) is 2. The number of hydrazone groups is 1. The average molecular weight is 216 g/mol. The minimum Gasteiger partial charge on any atom is -0.304 e. The number of amides is 2. The predicted molar refractivity (Wildman–Crippen MR) is 44.3 cm³/mol. The molecule has 0 unspecified atom stereocenters. The van der Waals surface area contributed by atoms with Crippen molar-refractivity contribution < 1.29 is 4.79 Å². The Morgan fingerprint density at radius 2 is 2.18 bits per heavy atom. The summed E-state index contributed by atoms with van der Waals surface area (Å²) in [4.78, 5) is 10.8. The lowest BCUT2D eigenvalue weighted by atomic mass is 10.4. The summed E-state index contributed by atoms with van der Waals surface area (Å²) in [6.07, 6.45) is 2.14. The normalized spacial score (nSPS) is 22.3. The van der Waals surface area contributed by atoms with Crippen molar-refractivity contribution in [2.75, 3.05) is 0 Å². The molecule has 2 aliphatic rings. The number of carbonyl (C=O) groups excluding carboxylic acids is 1. The Morgan fingerprint density at radius 1 is 1.45 bits per heavy atom. The van der Waals surface area contributed by atoms with Crippen LogP contribution in [0.5, 0.6) is 0 Å². The summed E-state index contributed by atoms with van der Waals surface area (Å²) in [6.45, 7) is 0. The fourth-order valence-corrected chi connectivity index (χ4v) is 1.36. The summed E-state index contributed by atoms with van der Waals surface area (Å²) in [7, 11) is 0. The van der Waals surface area contributed by atoms with Gasteiger partial charge in [-0.2, -0.15) is 5.10 Å². The second-order valence-corrected chi connectivity index (χ2v) is 3.20. The zero-order valence-electron chi connectivity index (χ0n) is 5.65. The van der Waals surface area contributed by atoms with Gasteiger partial charge in [-0.1, -0.05) is 0 Å². The van der Waals surface area contributed by atoms with Gasteiger partial charge < -0.3 is 5.32 Å². The largest absolute Gasteiger partial charge is 0.339 e. The molecule has 0 aromatic heterocycles. The first-order valence-electron chi connectivity index (χ1n) is 3.30. The van der Waals surface area contributed by atoms with Crippen molar-refractivity contribution >= 4 is 26.6 Å². The molecular weight excluding hydrogens is 210 g/mol. The molecule has 4 nitrogen and oxygen atoms in total. The maximum Gasteiger partial charge on any atom is 0.339 e. The zero-order chi connectivity index (χ0) is 7.84. The van der Waals surface area contributed by atoms with E-state index in [-0.39, 0.29) is 6.03 Å². The third kappa shape index (κ3) is 1.28. The van der Waals surface area contributed by atoms with Crippen molar-refractivity contribution in [1.29, 1.82) is 0 Å². The van der Waals surface area contributed by atoms with Gasteiger partial charge in [0.15, 0.2) is 0 Å². The van der Waals surface area contributed by atoms with Crippen molar-refractivity contribution in [2.24, 2.45) is 5.10 Å². The molecule has 2 amide bonds. The maximum atomic E-state index is 10.8. The Labute approximate surface area is 71.9 Å². The van der Waals surface area contributed by atoms with Crippen molar-refractivity contribution in [3.05, 3.63) is 11.3 Å². The van der Waals surface area contributed by atoms with Gasteiger partial charge in [0.1, 0.15) is 4.62 Å². The second kappa shape index (κ2) is 2.34. The van der Waals surface area contributed by atoms with E-state index in [1.807, 2.05) is 0 Å². The Kier molecular flexibility index (Phi) is 1.45. The Morgan fingerprint density at radius 3 is 2.82 bits per heavy atom. The number of rotatable bonds is 0. The Hall–Kier alpha value is -0.840. The summed E-state index contributed by atoms with van der Waals surface area (Å²) in [5, 5.41) is 6.45. The molecule has 58 valence electrons. The van der Waals surface area contributed by atoms with Gasteiger partial charge in [-0.15, -0.1) is 0 Å². The first-order chi connectivity index (χ1) is 5.27. The van der Waals surface area contributed by atoms with E-state index in [2.05, 4.69) is 31.8 Å². The Balaban J connectivity index is 2.33. The molecule has 2 rings (SSSR count). The van der Waals surface area contributed by atoms with Crippen LogP contribution < -0.4 is 10.7 Å². The summed E-state index contributed by atoms with van der Waals surface area (Å²) < 4.78 is 0.685. The van der Waals surface area contributed by atoms with E-state index < -0.39 is 0 Å². The van der Waals surface area contributed by atoms with E-state index in [9.17, 15) is 4.79 Å². The highest BCUT2D eigenvalue weighted by atomic mass is 79.9. The fraction of sp³-hybridized carbons (Fsp3) is 0.333. The molecule has 0 spiro atoms. The average Bonchev–Trinajstić information content (AvgIpc) is 2.76. The predicted octanol–water partition coefficient (Wildman–Crippen LogP) is 1.06. The lowest BCUT2D eigenvalue weighted by molar-refractivity contribution is 0.243. The summed E-state index contributed by atoms with van der Waals surface area (Å²) in [6, 6.07) is -0.261. The summed E-state index contributed by atoms with van der Waals surface area (Å²) in [5.74, 6) is 0. The molecule has 11 heavy (non-hydrogen) atoms. The van der Waals surface area contributed by atoms with Gasteiger partial charge in [-0.25, -0.2) is 10.2 Å². The third-order valence-electron chi connectivity index (χ3n) is 1.55. The van der Waals surface area contributed by atoms with Crippen molar-refractivity contribution in [1.82, 2.24) is 10.7 Å². The number of nitrogens with one attached hydrogen (secondary N) is 2. The van der Waals surface area contributed by atoms with Crippen LogP contribution in [0.4, 0.5) is 4.79 Å². The SMILES string of the molecule is O=C1NN=C(Br)C(=C2CC2)N1. The van der Waals surface area contributed by atoms with Gasteiger partial charge >= 0.3 is 6.03 Å². The number of nitrogens with zero attached hydrogens (tertiary/aromatic N) is 1. The van der Waals surface area contributed by atoms with Gasteiger partial charge in [-0.05, 0) is 34.3 Å². The number of allylic oxidation sites excluding steroid dienone is 2. The van der Waals surface area contributed by atoms with E-state index >= 15 is 0 Å². The molecule has 2 N–H and O–H groups in total. The molecule has 0 aromatic carbocycles. The van der Waals surface area contributed by atoms with Crippen molar-refractivity contribution in [2.45, 2.75) is 12.8 Å². The summed E-state index contributed by atoms with van der Waals surface area (Å²) >= 11 is 3.24. The van der Waals surface area contributed by atoms with E-state index in [4.69, 9.17) is 0 Å². The van der Waals surface area contributed by atoms with Crippen LogP contribution in [0.1, 0.15) is 12.8 Å². The van der Waals surface area contributed by atoms with Crippen LogP contribution in [-0.2, 0) is 0 Å². The zero-order valence-corrected chi connectivity index (χ0v) is 7.23. The molecule has 1 heterocycles. The molecule has 5 heteroatoms. The van der Waals surface area contributed by atoms with E-state index in [0.29, 0.717) is 4.62 Å².